The molecule has 1 aliphatic heterocycles. The van der Waals surface area contributed by atoms with E-state index in [9.17, 15) is 13.2 Å². The number of rotatable bonds is 6. The molecule has 4 aromatic rings. The van der Waals surface area contributed by atoms with Crippen LogP contribution in [0.1, 0.15) is 23.5 Å². The van der Waals surface area contributed by atoms with E-state index in [1.807, 2.05) is 36.4 Å². The lowest BCUT2D eigenvalue weighted by Crippen LogP contribution is -2.21. The van der Waals surface area contributed by atoms with Gasteiger partial charge in [-0.3, -0.25) is 9.89 Å². The summed E-state index contributed by atoms with van der Waals surface area (Å²) in [5, 5.41) is 14.4. The van der Waals surface area contributed by atoms with Crippen LogP contribution in [0, 0.1) is 0 Å². The summed E-state index contributed by atoms with van der Waals surface area (Å²) < 4.78 is 34.3. The number of hydrogen-bond acceptors (Lipinski definition) is 8. The van der Waals surface area contributed by atoms with Gasteiger partial charge in [0.2, 0.25) is 11.8 Å². The number of nitrogens with one attached hydrogen (secondary N) is 3. The largest absolute Gasteiger partial charge is 0.497 e. The van der Waals surface area contributed by atoms with Gasteiger partial charge in [0.15, 0.2) is 20.7 Å². The third kappa shape index (κ3) is 3.30. The molecule has 1 spiro atoms. The first kappa shape index (κ1) is 22.4. The fourth-order valence-corrected chi connectivity index (χ4v) is 5.62. The molecule has 3 N–H and O–H groups in total. The van der Waals surface area contributed by atoms with Crippen LogP contribution in [0.4, 0.5) is 17.2 Å². The molecule has 2 atom stereocenters. The second kappa shape index (κ2) is 7.69. The third-order valence-electron chi connectivity index (χ3n) is 6.97. The molecule has 0 bridgehead atoms. The number of amides is 1. The molecule has 184 valence electrons. The molecule has 6 rings (SSSR count). The lowest BCUT2D eigenvalue weighted by Gasteiger charge is -2.11. The van der Waals surface area contributed by atoms with Crippen molar-refractivity contribution in [2.24, 2.45) is 0 Å². The fraction of sp³-hybridized carbons (Fsp3) is 0.240. The number of sulfone groups is 1. The zero-order valence-corrected chi connectivity index (χ0v) is 20.6. The number of benzene rings is 2. The van der Waals surface area contributed by atoms with Crippen LogP contribution in [0.15, 0.2) is 53.6 Å². The highest BCUT2D eigenvalue weighted by Crippen LogP contribution is 2.65. The smallest absolute Gasteiger partial charge is 0.238 e. The Bertz CT molecular complexity index is 1660. The minimum absolute atomic E-state index is 0.0138. The quantitative estimate of drug-likeness (QED) is 0.362. The Labute approximate surface area is 207 Å². The second-order valence-corrected chi connectivity index (χ2v) is 11.0. The van der Waals surface area contributed by atoms with E-state index < -0.39 is 15.3 Å². The molecule has 2 aromatic heterocycles. The van der Waals surface area contributed by atoms with E-state index in [-0.39, 0.29) is 22.7 Å². The van der Waals surface area contributed by atoms with Gasteiger partial charge in [0.25, 0.3) is 0 Å². The van der Waals surface area contributed by atoms with Gasteiger partial charge in [-0.05, 0) is 60.0 Å². The normalized spacial score (nSPS) is 20.3. The van der Waals surface area contributed by atoms with Gasteiger partial charge in [-0.1, -0.05) is 6.07 Å². The Balaban J connectivity index is 1.30. The molecule has 1 fully saturated rings. The maximum atomic E-state index is 13.0. The molecule has 2 aliphatic rings. The molecule has 3 heterocycles. The summed E-state index contributed by atoms with van der Waals surface area (Å²) in [5.41, 5.74) is 3.56. The SMILES string of the molecule is COc1ccc2c(c1)[C@]1(C[C@H]1c1ccc3c(Nc4ccc(S(C)(=O)=O)nc4OC)n[nH]c3c1)C(=O)N2. The number of pyridine rings is 1. The summed E-state index contributed by atoms with van der Waals surface area (Å²) in [5.74, 6) is 1.47. The average Bonchev–Trinajstić information content (AvgIpc) is 3.42. The van der Waals surface area contributed by atoms with Crippen LogP contribution in [-0.4, -0.2) is 50.0 Å². The Hall–Kier alpha value is -4.12. The molecule has 0 radical (unpaired) electrons. The van der Waals surface area contributed by atoms with E-state index in [0.717, 1.165) is 46.1 Å². The Morgan fingerprint density at radius 1 is 1.08 bits per heavy atom. The van der Waals surface area contributed by atoms with Gasteiger partial charge in [-0.2, -0.15) is 10.1 Å². The summed E-state index contributed by atoms with van der Waals surface area (Å²) in [4.78, 5) is 17.1. The van der Waals surface area contributed by atoms with E-state index in [0.29, 0.717) is 11.5 Å². The van der Waals surface area contributed by atoms with Gasteiger partial charge in [0, 0.05) is 23.2 Å². The number of H-pyrrole nitrogens is 1. The summed E-state index contributed by atoms with van der Waals surface area (Å²) in [6.07, 6.45) is 1.81. The van der Waals surface area contributed by atoms with E-state index in [1.165, 1.54) is 13.2 Å². The van der Waals surface area contributed by atoms with Crippen molar-refractivity contribution in [3.05, 3.63) is 59.7 Å². The first-order valence-electron chi connectivity index (χ1n) is 11.2. The maximum absolute atomic E-state index is 13.0. The van der Waals surface area contributed by atoms with Gasteiger partial charge in [0.1, 0.15) is 11.4 Å². The Morgan fingerprint density at radius 2 is 1.92 bits per heavy atom. The van der Waals surface area contributed by atoms with Crippen molar-refractivity contribution >= 4 is 43.8 Å². The van der Waals surface area contributed by atoms with E-state index in [1.54, 1.807) is 13.2 Å². The lowest BCUT2D eigenvalue weighted by atomic mass is 9.91. The standard InChI is InChI=1S/C25H23N5O5S/c1-34-14-5-7-18-16(11-14)25(24(31)27-18)12-17(25)13-4-6-15-20(10-13)29-30-22(15)26-19-8-9-21(36(3,32)33)28-23(19)35-2/h4-11,17H,12H2,1-3H3,(H,27,31)(H2,26,29,30)/t17-,25-/m0/s1. The first-order chi connectivity index (χ1) is 17.2. The van der Waals surface area contributed by atoms with Gasteiger partial charge < -0.3 is 20.1 Å². The van der Waals surface area contributed by atoms with Crippen LogP contribution >= 0.6 is 0 Å². The summed E-state index contributed by atoms with van der Waals surface area (Å²) in [6.45, 7) is 0. The van der Waals surface area contributed by atoms with Crippen molar-refractivity contribution in [2.45, 2.75) is 22.8 Å². The molecule has 1 aliphatic carbocycles. The summed E-state index contributed by atoms with van der Waals surface area (Å²) >= 11 is 0. The second-order valence-electron chi connectivity index (χ2n) is 9.07. The van der Waals surface area contributed by atoms with Crippen LogP contribution < -0.4 is 20.1 Å². The number of carbonyl (C=O) groups is 1. The average molecular weight is 506 g/mol. The van der Waals surface area contributed by atoms with Crippen molar-refractivity contribution in [3.63, 3.8) is 0 Å². The van der Waals surface area contributed by atoms with Gasteiger partial charge >= 0.3 is 0 Å². The first-order valence-corrected chi connectivity index (χ1v) is 13.1. The zero-order valence-electron chi connectivity index (χ0n) is 19.7. The van der Waals surface area contributed by atoms with Gasteiger partial charge in [-0.15, -0.1) is 0 Å². The number of anilines is 3. The molecule has 36 heavy (non-hydrogen) atoms. The zero-order chi connectivity index (χ0) is 25.2. The number of carbonyl (C=O) groups excluding carboxylic acids is 1. The summed E-state index contributed by atoms with van der Waals surface area (Å²) in [7, 11) is -0.427. The topological polar surface area (TPSA) is 135 Å². The number of fused-ring (bicyclic) bond motifs is 3. The molecule has 2 aromatic carbocycles. The highest BCUT2D eigenvalue weighted by molar-refractivity contribution is 7.90. The number of methoxy groups -OCH3 is 2. The predicted octanol–water partition coefficient (Wildman–Crippen LogP) is 3.50. The number of hydrogen-bond donors (Lipinski definition) is 3. The Kier molecular flexibility index (Phi) is 4.77. The van der Waals surface area contributed by atoms with Crippen LogP contribution in [0.3, 0.4) is 0 Å². The monoisotopic (exact) mass is 505 g/mol. The van der Waals surface area contributed by atoms with E-state index >= 15 is 0 Å². The van der Waals surface area contributed by atoms with Crippen molar-refractivity contribution in [2.75, 3.05) is 31.1 Å². The van der Waals surface area contributed by atoms with E-state index in [2.05, 4.69) is 25.8 Å². The fourth-order valence-electron chi connectivity index (χ4n) is 5.06. The highest BCUT2D eigenvalue weighted by Gasteiger charge is 2.65. The molecular weight excluding hydrogens is 482 g/mol. The number of ether oxygens (including phenoxy) is 2. The number of nitrogens with zero attached hydrogens (tertiary/aromatic N) is 2. The van der Waals surface area contributed by atoms with Crippen LogP contribution in [0.2, 0.25) is 0 Å². The van der Waals surface area contributed by atoms with Gasteiger partial charge in [0.05, 0.1) is 25.2 Å². The molecule has 0 unspecified atom stereocenters. The van der Waals surface area contributed by atoms with Crippen LogP contribution in [-0.2, 0) is 20.0 Å². The minimum atomic E-state index is -3.47. The van der Waals surface area contributed by atoms with Crippen LogP contribution in [0.5, 0.6) is 11.6 Å². The summed E-state index contributed by atoms with van der Waals surface area (Å²) in [6, 6.07) is 14.7. The van der Waals surface area contributed by atoms with Crippen molar-refractivity contribution in [1.82, 2.24) is 15.2 Å². The van der Waals surface area contributed by atoms with Crippen LogP contribution in [0.25, 0.3) is 10.9 Å². The highest BCUT2D eigenvalue weighted by atomic mass is 32.2. The van der Waals surface area contributed by atoms with E-state index in [4.69, 9.17) is 9.47 Å². The Morgan fingerprint density at radius 3 is 2.67 bits per heavy atom. The molecule has 1 saturated carbocycles. The number of aromatic nitrogens is 3. The molecule has 1 amide bonds. The predicted molar refractivity (Wildman–Crippen MR) is 134 cm³/mol. The molecule has 10 nitrogen and oxygen atoms in total. The van der Waals surface area contributed by atoms with Crippen molar-refractivity contribution < 1.29 is 22.7 Å². The third-order valence-corrected chi connectivity index (χ3v) is 7.96. The molecule has 11 heteroatoms. The van der Waals surface area contributed by atoms with Crippen molar-refractivity contribution in [3.8, 4) is 11.6 Å². The van der Waals surface area contributed by atoms with Crippen molar-refractivity contribution in [1.29, 1.82) is 0 Å². The lowest BCUT2D eigenvalue weighted by molar-refractivity contribution is -0.118. The van der Waals surface area contributed by atoms with Gasteiger partial charge in [-0.25, -0.2) is 8.42 Å². The molecule has 0 saturated heterocycles. The minimum Gasteiger partial charge on any atom is -0.497 e. The number of aromatic amines is 1. The maximum Gasteiger partial charge on any atom is 0.238 e. The molecular formula is C25H23N5O5S.